The molecule has 6 aromatic carbocycles. The molecular formula is C41H25N3O. The zero-order valence-corrected chi connectivity index (χ0v) is 24.2. The summed E-state index contributed by atoms with van der Waals surface area (Å²) >= 11 is 0. The molecule has 0 bridgehead atoms. The molecule has 4 nitrogen and oxygen atoms in total. The Labute approximate surface area is 259 Å². The molecule has 0 unspecified atom stereocenters. The third-order valence-electron chi connectivity index (χ3n) is 8.47. The Morgan fingerprint density at radius 1 is 0.378 bits per heavy atom. The number of furan rings is 1. The maximum atomic E-state index is 6.35. The Bertz CT molecular complexity index is 2460. The Kier molecular flexibility index (Phi) is 5.78. The second kappa shape index (κ2) is 10.2. The minimum Gasteiger partial charge on any atom is -0.456 e. The summed E-state index contributed by atoms with van der Waals surface area (Å²) in [6.45, 7) is 0. The van der Waals surface area contributed by atoms with Crippen molar-refractivity contribution in [3.8, 4) is 45.2 Å². The summed E-state index contributed by atoms with van der Waals surface area (Å²) in [5, 5.41) is 5.41. The molecule has 0 saturated heterocycles. The van der Waals surface area contributed by atoms with Crippen molar-refractivity contribution < 1.29 is 4.42 Å². The number of nitrogens with zero attached hydrogens (tertiary/aromatic N) is 3. The van der Waals surface area contributed by atoms with Crippen molar-refractivity contribution in [2.24, 2.45) is 0 Å². The first-order valence-corrected chi connectivity index (χ1v) is 15.0. The molecule has 0 amide bonds. The van der Waals surface area contributed by atoms with E-state index in [2.05, 4.69) is 97.1 Å². The number of hydrogen-bond donors (Lipinski definition) is 0. The number of aromatic nitrogens is 3. The van der Waals surface area contributed by atoms with Crippen LogP contribution in [0.4, 0.5) is 0 Å². The van der Waals surface area contributed by atoms with Crippen LogP contribution in [0.5, 0.6) is 0 Å². The highest BCUT2D eigenvalue weighted by Crippen LogP contribution is 2.42. The standard InChI is InChI=1S/C41H25N3O/c1-4-12-26(13-5-1)34-25-35(27-14-6-2-7-15-27)44-41(43-34)29-20-22-33-32(24-29)38-31(40(42-33)28-16-8-3-9-17-28)21-23-37-39(38)30-18-10-11-19-36(30)45-37/h1-25H. The van der Waals surface area contributed by atoms with Crippen LogP contribution in [0.15, 0.2) is 156 Å². The van der Waals surface area contributed by atoms with Crippen molar-refractivity contribution >= 4 is 43.6 Å². The van der Waals surface area contributed by atoms with Gasteiger partial charge >= 0.3 is 0 Å². The average molecular weight is 576 g/mol. The number of pyridine rings is 1. The minimum absolute atomic E-state index is 0.668. The summed E-state index contributed by atoms with van der Waals surface area (Å²) < 4.78 is 6.35. The van der Waals surface area contributed by atoms with Crippen LogP contribution in [0.1, 0.15) is 0 Å². The molecule has 0 fully saturated rings. The van der Waals surface area contributed by atoms with E-state index >= 15 is 0 Å². The van der Waals surface area contributed by atoms with Crippen molar-refractivity contribution in [3.05, 3.63) is 152 Å². The second-order valence-corrected chi connectivity index (χ2v) is 11.2. The largest absolute Gasteiger partial charge is 0.456 e. The Morgan fingerprint density at radius 3 is 1.69 bits per heavy atom. The van der Waals surface area contributed by atoms with Gasteiger partial charge in [-0.05, 0) is 42.5 Å². The lowest BCUT2D eigenvalue weighted by Crippen LogP contribution is -1.96. The summed E-state index contributed by atoms with van der Waals surface area (Å²) in [5.41, 5.74) is 9.44. The first-order chi connectivity index (χ1) is 22.3. The summed E-state index contributed by atoms with van der Waals surface area (Å²) in [4.78, 5) is 15.4. The molecule has 0 spiro atoms. The zero-order valence-electron chi connectivity index (χ0n) is 24.2. The number of benzene rings is 6. The van der Waals surface area contributed by atoms with Crippen LogP contribution in [-0.2, 0) is 0 Å². The summed E-state index contributed by atoms with van der Waals surface area (Å²) in [7, 11) is 0. The van der Waals surface area contributed by atoms with Crippen molar-refractivity contribution in [2.45, 2.75) is 0 Å². The maximum absolute atomic E-state index is 6.35. The molecule has 210 valence electrons. The highest BCUT2D eigenvalue weighted by atomic mass is 16.3. The van der Waals surface area contributed by atoms with Gasteiger partial charge in [-0.15, -0.1) is 0 Å². The molecule has 9 aromatic rings. The number of para-hydroxylation sites is 1. The lowest BCUT2D eigenvalue weighted by atomic mass is 9.95. The molecule has 4 heteroatoms. The predicted octanol–water partition coefficient (Wildman–Crippen LogP) is 10.7. The molecule has 0 aliphatic rings. The average Bonchev–Trinajstić information content (AvgIpc) is 3.51. The van der Waals surface area contributed by atoms with Gasteiger partial charge in [0.1, 0.15) is 11.2 Å². The van der Waals surface area contributed by atoms with E-state index in [4.69, 9.17) is 19.4 Å². The van der Waals surface area contributed by atoms with E-state index in [1.807, 2.05) is 54.6 Å². The van der Waals surface area contributed by atoms with Crippen molar-refractivity contribution in [2.75, 3.05) is 0 Å². The molecule has 0 atom stereocenters. The second-order valence-electron chi connectivity index (χ2n) is 11.2. The highest BCUT2D eigenvalue weighted by Gasteiger charge is 2.19. The molecule has 0 radical (unpaired) electrons. The Hall–Kier alpha value is -6.13. The van der Waals surface area contributed by atoms with Crippen molar-refractivity contribution in [1.82, 2.24) is 15.0 Å². The van der Waals surface area contributed by atoms with E-state index in [0.717, 1.165) is 82.9 Å². The molecular weight excluding hydrogens is 550 g/mol. The van der Waals surface area contributed by atoms with Crippen LogP contribution in [0, 0.1) is 0 Å². The van der Waals surface area contributed by atoms with Gasteiger partial charge in [-0.2, -0.15) is 0 Å². The van der Waals surface area contributed by atoms with E-state index in [1.165, 1.54) is 0 Å². The van der Waals surface area contributed by atoms with Gasteiger partial charge in [0.25, 0.3) is 0 Å². The number of hydrogen-bond acceptors (Lipinski definition) is 4. The van der Waals surface area contributed by atoms with Gasteiger partial charge in [-0.1, -0.05) is 109 Å². The van der Waals surface area contributed by atoms with Gasteiger partial charge in [0.2, 0.25) is 0 Å². The molecule has 45 heavy (non-hydrogen) atoms. The van der Waals surface area contributed by atoms with E-state index in [-0.39, 0.29) is 0 Å². The summed E-state index contributed by atoms with van der Waals surface area (Å²) in [5.74, 6) is 0.668. The third kappa shape index (κ3) is 4.27. The topological polar surface area (TPSA) is 51.8 Å². The van der Waals surface area contributed by atoms with E-state index in [1.54, 1.807) is 0 Å². The van der Waals surface area contributed by atoms with Crippen molar-refractivity contribution in [3.63, 3.8) is 0 Å². The Balaban J connectivity index is 1.36. The smallest absolute Gasteiger partial charge is 0.160 e. The molecule has 3 aromatic heterocycles. The molecule has 9 rings (SSSR count). The summed E-state index contributed by atoms with van der Waals surface area (Å²) in [6.07, 6.45) is 0. The molecule has 0 aliphatic heterocycles. The van der Waals surface area contributed by atoms with Crippen molar-refractivity contribution in [1.29, 1.82) is 0 Å². The third-order valence-corrected chi connectivity index (χ3v) is 8.47. The number of rotatable bonds is 4. The SMILES string of the molecule is c1ccc(-c2cc(-c3ccccc3)nc(-c3ccc4nc(-c5ccccc5)c5ccc6oc7ccccc7c6c5c4c3)n2)cc1. The normalized spacial score (nSPS) is 11.6. The molecule has 0 N–H and O–H groups in total. The Morgan fingerprint density at radius 2 is 1.00 bits per heavy atom. The fourth-order valence-electron chi connectivity index (χ4n) is 6.35. The van der Waals surface area contributed by atoms with Gasteiger partial charge in [0.15, 0.2) is 5.82 Å². The highest BCUT2D eigenvalue weighted by molar-refractivity contribution is 6.28. The fourth-order valence-corrected chi connectivity index (χ4v) is 6.35. The van der Waals surface area contributed by atoms with Crippen LogP contribution < -0.4 is 0 Å². The molecule has 0 saturated carbocycles. The minimum atomic E-state index is 0.668. The van der Waals surface area contributed by atoms with Gasteiger partial charge < -0.3 is 4.42 Å². The zero-order chi connectivity index (χ0) is 29.7. The first-order valence-electron chi connectivity index (χ1n) is 15.0. The van der Waals surface area contributed by atoms with Gasteiger partial charge in [0, 0.05) is 49.2 Å². The predicted molar refractivity (Wildman–Crippen MR) is 184 cm³/mol. The van der Waals surface area contributed by atoms with Gasteiger partial charge in [-0.25, -0.2) is 15.0 Å². The fraction of sp³-hybridized carbons (Fsp3) is 0. The lowest BCUT2D eigenvalue weighted by molar-refractivity contribution is 0.669. The number of fused-ring (bicyclic) bond motifs is 7. The van der Waals surface area contributed by atoms with Crippen LogP contribution in [0.3, 0.4) is 0 Å². The first kappa shape index (κ1) is 25.4. The monoisotopic (exact) mass is 575 g/mol. The maximum Gasteiger partial charge on any atom is 0.160 e. The van der Waals surface area contributed by atoms with Crippen LogP contribution >= 0.6 is 0 Å². The van der Waals surface area contributed by atoms with Crippen LogP contribution in [0.2, 0.25) is 0 Å². The van der Waals surface area contributed by atoms with E-state index in [9.17, 15) is 0 Å². The molecule has 3 heterocycles. The van der Waals surface area contributed by atoms with E-state index in [0.29, 0.717) is 5.82 Å². The van der Waals surface area contributed by atoms with Gasteiger partial charge in [0.05, 0.1) is 22.6 Å². The quantitative estimate of drug-likeness (QED) is 0.196. The van der Waals surface area contributed by atoms with Crippen LogP contribution in [-0.4, -0.2) is 15.0 Å². The summed E-state index contributed by atoms with van der Waals surface area (Å²) in [6, 6.07) is 51.8. The van der Waals surface area contributed by atoms with Gasteiger partial charge in [-0.3, -0.25) is 0 Å². The van der Waals surface area contributed by atoms with Crippen LogP contribution in [0.25, 0.3) is 88.8 Å². The molecule has 0 aliphatic carbocycles. The van der Waals surface area contributed by atoms with E-state index < -0.39 is 0 Å². The lowest BCUT2D eigenvalue weighted by Gasteiger charge is -2.13.